The van der Waals surface area contributed by atoms with Crippen molar-refractivity contribution in [3.05, 3.63) is 35.4 Å². The normalized spacial score (nSPS) is 15.3. The molecule has 3 atom stereocenters. The number of hydrazone groups is 1. The van der Waals surface area contributed by atoms with Crippen molar-refractivity contribution in [2.75, 3.05) is 12.0 Å². The molecule has 10 N–H and O–H groups in total. The molecular weight excluding hydrogens is 350 g/mol. The Bertz CT molecular complexity index is 659. The Morgan fingerprint density at radius 1 is 1.08 bits per heavy atom. The number of nitrogens with two attached hydrogens (primary N) is 1. The van der Waals surface area contributed by atoms with E-state index >= 15 is 0 Å². The number of rotatable bonds is 5. The maximum absolute atomic E-state index is 9.77. The predicted octanol–water partition coefficient (Wildman–Crippen LogP) is -2.15. The van der Waals surface area contributed by atoms with Gasteiger partial charge in [-0.05, 0) is 17.7 Å². The number of anilines is 1. The van der Waals surface area contributed by atoms with Gasteiger partial charge in [-0.1, -0.05) is 18.2 Å². The molecule has 11 nitrogen and oxygen atoms in total. The second-order valence-corrected chi connectivity index (χ2v) is 4.92. The van der Waals surface area contributed by atoms with Gasteiger partial charge in [0.2, 0.25) is 0 Å². The SMILES string of the molecule is NCC(O)C1=Cc2ccccc2NN=C1.O.O=C(O)C(O)C(O)C(=O)O. The fourth-order valence-electron chi connectivity index (χ4n) is 1.71. The van der Waals surface area contributed by atoms with E-state index in [4.69, 9.17) is 26.2 Å². The molecule has 0 amide bonds. The molecule has 144 valence electrons. The van der Waals surface area contributed by atoms with Crippen LogP contribution in [0.1, 0.15) is 5.56 Å². The van der Waals surface area contributed by atoms with Gasteiger partial charge in [0.1, 0.15) is 0 Å². The third-order valence-electron chi connectivity index (χ3n) is 3.09. The molecule has 0 saturated carbocycles. The van der Waals surface area contributed by atoms with E-state index in [1.165, 1.54) is 0 Å². The molecule has 0 spiro atoms. The fraction of sp³-hybridized carbons (Fsp3) is 0.267. The van der Waals surface area contributed by atoms with E-state index in [1.807, 2.05) is 30.3 Å². The van der Waals surface area contributed by atoms with Gasteiger partial charge in [-0.15, -0.1) is 0 Å². The van der Waals surface area contributed by atoms with Crippen molar-refractivity contribution in [1.29, 1.82) is 0 Å². The van der Waals surface area contributed by atoms with Crippen LogP contribution in [-0.2, 0) is 9.59 Å². The third-order valence-corrected chi connectivity index (χ3v) is 3.09. The Morgan fingerprint density at radius 2 is 1.62 bits per heavy atom. The van der Waals surface area contributed by atoms with E-state index in [-0.39, 0.29) is 12.0 Å². The van der Waals surface area contributed by atoms with Crippen molar-refractivity contribution in [2.45, 2.75) is 18.3 Å². The highest BCUT2D eigenvalue weighted by Gasteiger charge is 2.29. The van der Waals surface area contributed by atoms with Crippen molar-refractivity contribution in [2.24, 2.45) is 10.8 Å². The van der Waals surface area contributed by atoms with Gasteiger partial charge >= 0.3 is 11.9 Å². The number of nitrogens with one attached hydrogen (secondary N) is 1. The summed E-state index contributed by atoms with van der Waals surface area (Å²) in [6.45, 7) is 0.194. The van der Waals surface area contributed by atoms with E-state index in [0.717, 1.165) is 16.8 Å². The molecule has 1 aliphatic rings. The monoisotopic (exact) mass is 371 g/mol. The third kappa shape index (κ3) is 6.58. The quantitative estimate of drug-likeness (QED) is 0.300. The highest BCUT2D eigenvalue weighted by atomic mass is 16.4. The fourth-order valence-corrected chi connectivity index (χ4v) is 1.71. The standard InChI is InChI=1S/C11H13N3O.C4H6O6.H2O/c12-6-11(15)9-5-8-3-1-2-4-10(8)14-13-7-9;5-1(3(7)8)2(6)4(9)10;/h1-5,7,11,14-15H,6,12H2;1-2,5-6H,(H,7,8)(H,9,10);1H2. The maximum Gasteiger partial charge on any atom is 0.335 e. The number of fused-ring (bicyclic) bond motifs is 1. The minimum absolute atomic E-state index is 0. The zero-order valence-electron chi connectivity index (χ0n) is 13.5. The Morgan fingerprint density at radius 3 is 2.12 bits per heavy atom. The first kappa shape index (κ1) is 23.2. The summed E-state index contributed by atoms with van der Waals surface area (Å²) in [7, 11) is 0. The number of nitrogens with zero attached hydrogens (tertiary/aromatic N) is 1. The van der Waals surface area contributed by atoms with E-state index < -0.39 is 30.3 Å². The average Bonchev–Trinajstić information content (AvgIpc) is 2.82. The van der Waals surface area contributed by atoms with Gasteiger partial charge in [-0.3, -0.25) is 5.43 Å². The first-order valence-corrected chi connectivity index (χ1v) is 7.07. The van der Waals surface area contributed by atoms with Crippen LogP contribution in [0.25, 0.3) is 6.08 Å². The number of carboxylic acid groups (broad SMARTS) is 2. The van der Waals surface area contributed by atoms with Crippen LogP contribution in [0.3, 0.4) is 0 Å². The number of carboxylic acids is 2. The summed E-state index contributed by atoms with van der Waals surface area (Å²) in [6.07, 6.45) is -1.72. The van der Waals surface area contributed by atoms with Gasteiger partial charge in [-0.25, -0.2) is 9.59 Å². The molecule has 0 fully saturated rings. The van der Waals surface area contributed by atoms with E-state index in [1.54, 1.807) is 6.21 Å². The Balaban J connectivity index is 0.000000504. The highest BCUT2D eigenvalue weighted by molar-refractivity contribution is 5.90. The Hall–Kier alpha value is -2.83. The molecule has 0 aliphatic carbocycles. The average molecular weight is 371 g/mol. The van der Waals surface area contributed by atoms with Crippen LogP contribution in [0.5, 0.6) is 0 Å². The number of carbonyl (C=O) groups is 2. The summed E-state index contributed by atoms with van der Waals surface area (Å²) in [5.41, 5.74) is 10.9. The number of aliphatic carboxylic acids is 2. The van der Waals surface area contributed by atoms with Crippen LogP contribution in [0.15, 0.2) is 34.9 Å². The molecule has 0 aromatic heterocycles. The molecular formula is C15H21N3O8. The van der Waals surface area contributed by atoms with E-state index in [0.29, 0.717) is 0 Å². The molecule has 0 radical (unpaired) electrons. The maximum atomic E-state index is 9.77. The zero-order valence-corrected chi connectivity index (χ0v) is 13.5. The van der Waals surface area contributed by atoms with Gasteiger partial charge < -0.3 is 36.7 Å². The smallest absolute Gasteiger partial charge is 0.335 e. The Kier molecular flexibility index (Phi) is 9.73. The lowest BCUT2D eigenvalue weighted by Gasteiger charge is -2.07. The molecule has 3 unspecified atom stereocenters. The lowest BCUT2D eigenvalue weighted by Crippen LogP contribution is -2.39. The summed E-state index contributed by atoms with van der Waals surface area (Å²) in [5, 5.41) is 46.2. The van der Waals surface area contributed by atoms with E-state index in [9.17, 15) is 14.7 Å². The Labute approximate surface area is 148 Å². The number of aliphatic hydroxyl groups excluding tert-OH is 3. The van der Waals surface area contributed by atoms with Crippen molar-refractivity contribution in [3.8, 4) is 0 Å². The van der Waals surface area contributed by atoms with Crippen molar-refractivity contribution in [3.63, 3.8) is 0 Å². The summed E-state index contributed by atoms with van der Waals surface area (Å²) >= 11 is 0. The number of benzene rings is 1. The van der Waals surface area contributed by atoms with Crippen molar-refractivity contribution >= 4 is 29.9 Å². The van der Waals surface area contributed by atoms with Crippen LogP contribution >= 0.6 is 0 Å². The van der Waals surface area contributed by atoms with E-state index in [2.05, 4.69) is 10.5 Å². The van der Waals surface area contributed by atoms with Crippen LogP contribution in [0, 0.1) is 0 Å². The summed E-state index contributed by atoms with van der Waals surface area (Å²) in [5.74, 6) is -3.54. The van der Waals surface area contributed by atoms with Gasteiger partial charge in [0.15, 0.2) is 12.2 Å². The molecule has 1 heterocycles. The summed E-state index contributed by atoms with van der Waals surface area (Å²) < 4.78 is 0. The van der Waals surface area contributed by atoms with Crippen LogP contribution in [-0.4, -0.2) is 74.0 Å². The van der Waals surface area contributed by atoms with Gasteiger partial charge in [-0.2, -0.15) is 5.10 Å². The van der Waals surface area contributed by atoms with Crippen LogP contribution < -0.4 is 11.2 Å². The topological polar surface area (TPSA) is 217 Å². The predicted molar refractivity (Wildman–Crippen MR) is 92.5 cm³/mol. The second-order valence-electron chi connectivity index (χ2n) is 4.92. The van der Waals surface area contributed by atoms with Crippen LogP contribution in [0.4, 0.5) is 5.69 Å². The lowest BCUT2D eigenvalue weighted by molar-refractivity contribution is -0.165. The molecule has 2 rings (SSSR count). The van der Waals surface area contributed by atoms with Crippen molar-refractivity contribution < 1.29 is 40.6 Å². The second kappa shape index (κ2) is 10.9. The molecule has 26 heavy (non-hydrogen) atoms. The number of aliphatic hydroxyl groups is 3. The molecule has 0 saturated heterocycles. The zero-order chi connectivity index (χ0) is 19.0. The summed E-state index contributed by atoms with van der Waals surface area (Å²) in [6, 6.07) is 7.76. The molecule has 11 heteroatoms. The largest absolute Gasteiger partial charge is 0.479 e. The molecule has 0 bridgehead atoms. The first-order valence-electron chi connectivity index (χ1n) is 7.07. The number of hydrogen-bond acceptors (Lipinski definition) is 8. The van der Waals surface area contributed by atoms with Gasteiger partial charge in [0.25, 0.3) is 0 Å². The minimum atomic E-state index is -2.27. The minimum Gasteiger partial charge on any atom is -0.479 e. The molecule has 1 aromatic rings. The molecule has 1 aliphatic heterocycles. The number of hydrogen-bond donors (Lipinski definition) is 7. The van der Waals surface area contributed by atoms with Crippen LogP contribution in [0.2, 0.25) is 0 Å². The first-order chi connectivity index (χ1) is 11.8. The summed E-state index contributed by atoms with van der Waals surface area (Å²) in [4.78, 5) is 19.5. The number of para-hydroxylation sites is 1. The lowest BCUT2D eigenvalue weighted by atomic mass is 10.1. The van der Waals surface area contributed by atoms with Gasteiger partial charge in [0, 0.05) is 12.1 Å². The van der Waals surface area contributed by atoms with Gasteiger partial charge in [0.05, 0.1) is 18.0 Å². The van der Waals surface area contributed by atoms with Crippen molar-refractivity contribution in [1.82, 2.24) is 0 Å². The highest BCUT2D eigenvalue weighted by Crippen LogP contribution is 2.21. The molecule has 1 aromatic carbocycles.